The van der Waals surface area contributed by atoms with Crippen LogP contribution < -0.4 is 5.32 Å². The van der Waals surface area contributed by atoms with E-state index < -0.39 is 0 Å². The number of carbonyl (C=O) groups excluding carboxylic acids is 1. The number of rotatable bonds is 7. The number of hydrogen-bond acceptors (Lipinski definition) is 5. The van der Waals surface area contributed by atoms with Crippen LogP contribution in [0.15, 0.2) is 71.8 Å². The molecule has 0 fully saturated rings. The molecule has 7 nitrogen and oxygen atoms in total. The normalized spacial score (nSPS) is 11.4. The number of unbranched alkanes of at least 4 members (excludes halogenated alkanes) is 1. The summed E-state index contributed by atoms with van der Waals surface area (Å²) in [6, 6.07) is 14.5. The monoisotopic (exact) mass is 492 g/mol. The first-order valence-electron chi connectivity index (χ1n) is 11.9. The van der Waals surface area contributed by atoms with Crippen LogP contribution in [0.2, 0.25) is 0 Å². The molecular weight excluding hydrogens is 468 g/mol. The van der Waals surface area contributed by atoms with E-state index in [4.69, 9.17) is 0 Å². The van der Waals surface area contributed by atoms with Crippen LogP contribution in [-0.4, -0.2) is 31.1 Å². The Hall–Kier alpha value is -4.30. The lowest BCUT2D eigenvalue weighted by Gasteiger charge is -2.07. The molecule has 0 saturated heterocycles. The molecule has 36 heavy (non-hydrogen) atoms. The fourth-order valence-corrected chi connectivity index (χ4v) is 5.10. The molecule has 0 atom stereocenters. The molecular formula is C28H24N6OS. The van der Waals surface area contributed by atoms with Crippen LogP contribution in [0, 0.1) is 0 Å². The Morgan fingerprint density at radius 1 is 1.03 bits per heavy atom. The summed E-state index contributed by atoms with van der Waals surface area (Å²) in [6.07, 6.45) is 7.54. The zero-order valence-corrected chi connectivity index (χ0v) is 20.5. The quantitative estimate of drug-likeness (QED) is 0.223. The maximum absolute atomic E-state index is 12.2. The molecule has 1 amide bonds. The van der Waals surface area contributed by atoms with E-state index in [0.717, 1.165) is 57.3 Å². The van der Waals surface area contributed by atoms with Gasteiger partial charge in [-0.1, -0.05) is 25.5 Å². The third-order valence-electron chi connectivity index (χ3n) is 6.27. The molecule has 0 radical (unpaired) electrons. The number of nitrogens with zero attached hydrogens (tertiary/aromatic N) is 3. The minimum atomic E-state index is -0.00281. The average molecular weight is 493 g/mol. The van der Waals surface area contributed by atoms with E-state index >= 15 is 0 Å². The van der Waals surface area contributed by atoms with E-state index in [-0.39, 0.29) is 5.91 Å². The summed E-state index contributed by atoms with van der Waals surface area (Å²) in [6.45, 7) is 2.07. The number of amides is 1. The van der Waals surface area contributed by atoms with E-state index in [1.807, 2.05) is 12.1 Å². The molecule has 0 bridgehead atoms. The number of hydrogen-bond donors (Lipinski definition) is 3. The Balaban J connectivity index is 1.37. The number of fused-ring (bicyclic) bond motifs is 2. The number of aromatic nitrogens is 5. The average Bonchev–Trinajstić information content (AvgIpc) is 3.66. The predicted octanol–water partition coefficient (Wildman–Crippen LogP) is 7.03. The fraction of sp³-hybridized carbons (Fsp3) is 0.143. The van der Waals surface area contributed by atoms with E-state index in [2.05, 4.69) is 78.5 Å². The number of thiophene rings is 1. The maximum Gasteiger partial charge on any atom is 0.224 e. The van der Waals surface area contributed by atoms with Gasteiger partial charge in [0.25, 0.3) is 0 Å². The zero-order chi connectivity index (χ0) is 24.5. The van der Waals surface area contributed by atoms with Gasteiger partial charge in [0, 0.05) is 34.5 Å². The molecule has 0 aliphatic rings. The van der Waals surface area contributed by atoms with Gasteiger partial charge in [0.2, 0.25) is 5.91 Å². The van der Waals surface area contributed by atoms with Crippen LogP contribution in [0.3, 0.4) is 0 Å². The van der Waals surface area contributed by atoms with E-state index in [1.54, 1.807) is 29.9 Å². The van der Waals surface area contributed by atoms with E-state index in [0.29, 0.717) is 12.1 Å². The highest BCUT2D eigenvalue weighted by Gasteiger charge is 2.15. The summed E-state index contributed by atoms with van der Waals surface area (Å²) in [5.74, 6) is -0.00281. The van der Waals surface area contributed by atoms with Crippen molar-refractivity contribution in [3.05, 3.63) is 71.8 Å². The van der Waals surface area contributed by atoms with Gasteiger partial charge in [-0.2, -0.15) is 16.4 Å². The lowest BCUT2D eigenvalue weighted by Crippen LogP contribution is -2.11. The zero-order valence-electron chi connectivity index (χ0n) is 19.7. The third-order valence-corrected chi connectivity index (χ3v) is 6.96. The summed E-state index contributed by atoms with van der Waals surface area (Å²) < 4.78 is 0. The summed E-state index contributed by atoms with van der Waals surface area (Å²) in [4.78, 5) is 24.6. The number of pyridine rings is 2. The molecule has 1 aromatic carbocycles. The van der Waals surface area contributed by atoms with E-state index in [1.165, 1.54) is 11.1 Å². The third kappa shape index (κ3) is 4.16. The topological polar surface area (TPSA) is 99.4 Å². The number of nitrogens with one attached hydrogen (secondary N) is 3. The minimum Gasteiger partial charge on any atom is -0.353 e. The number of carbonyl (C=O) groups is 1. The maximum atomic E-state index is 12.2. The predicted molar refractivity (Wildman–Crippen MR) is 146 cm³/mol. The lowest BCUT2D eigenvalue weighted by molar-refractivity contribution is -0.116. The van der Waals surface area contributed by atoms with Crippen molar-refractivity contribution in [1.82, 2.24) is 25.1 Å². The molecule has 3 N–H and O–H groups in total. The SMILES string of the molecule is CCCCC(=O)Nc1cncc(-c2cc3c(-c4cc5c(-c6ccsc6)cccc5[nH]4)n[nH]c3cn2)c1. The van der Waals surface area contributed by atoms with Gasteiger partial charge in [0.1, 0.15) is 5.69 Å². The van der Waals surface area contributed by atoms with Gasteiger partial charge in [-0.05, 0) is 58.6 Å². The summed E-state index contributed by atoms with van der Waals surface area (Å²) in [5.41, 5.74) is 8.35. The van der Waals surface area contributed by atoms with Crippen molar-refractivity contribution in [3.8, 4) is 33.8 Å². The van der Waals surface area contributed by atoms with Gasteiger partial charge in [-0.3, -0.25) is 19.9 Å². The van der Waals surface area contributed by atoms with Crippen molar-refractivity contribution < 1.29 is 4.79 Å². The van der Waals surface area contributed by atoms with Gasteiger partial charge in [0.05, 0.1) is 35.0 Å². The van der Waals surface area contributed by atoms with Crippen molar-refractivity contribution in [1.29, 1.82) is 0 Å². The van der Waals surface area contributed by atoms with Gasteiger partial charge in [-0.15, -0.1) is 0 Å². The summed E-state index contributed by atoms with van der Waals surface area (Å²) >= 11 is 1.69. The Labute approximate surface area is 211 Å². The van der Waals surface area contributed by atoms with Crippen molar-refractivity contribution >= 4 is 44.7 Å². The van der Waals surface area contributed by atoms with Crippen LogP contribution >= 0.6 is 11.3 Å². The highest BCUT2D eigenvalue weighted by Crippen LogP contribution is 2.35. The second-order valence-corrected chi connectivity index (χ2v) is 9.54. The van der Waals surface area contributed by atoms with Crippen LogP contribution in [-0.2, 0) is 4.79 Å². The number of H-pyrrole nitrogens is 2. The number of aromatic amines is 2. The van der Waals surface area contributed by atoms with Crippen LogP contribution in [0.5, 0.6) is 0 Å². The van der Waals surface area contributed by atoms with Crippen molar-refractivity contribution in [2.45, 2.75) is 26.2 Å². The number of anilines is 1. The molecule has 6 rings (SSSR count). The van der Waals surface area contributed by atoms with Gasteiger partial charge < -0.3 is 10.3 Å². The van der Waals surface area contributed by atoms with Gasteiger partial charge >= 0.3 is 0 Å². The van der Waals surface area contributed by atoms with Crippen molar-refractivity contribution in [3.63, 3.8) is 0 Å². The van der Waals surface area contributed by atoms with Gasteiger partial charge in [0.15, 0.2) is 0 Å². The molecule has 0 aliphatic carbocycles. The molecule has 6 aromatic rings. The standard InChI is InChI=1S/C28H24N6OS/c1-2-3-7-27(35)31-19-10-18(13-29-14-19)24-12-22-26(15-30-24)33-34-28(22)25-11-21-20(17-8-9-36-16-17)5-4-6-23(21)32-25/h4-6,8-16,32H,2-3,7H2,1H3,(H,31,35)(H,33,34). The van der Waals surface area contributed by atoms with E-state index in [9.17, 15) is 4.79 Å². The lowest BCUT2D eigenvalue weighted by atomic mass is 10.0. The van der Waals surface area contributed by atoms with Crippen molar-refractivity contribution in [2.24, 2.45) is 0 Å². The van der Waals surface area contributed by atoms with Gasteiger partial charge in [-0.25, -0.2) is 0 Å². The number of benzene rings is 1. The highest BCUT2D eigenvalue weighted by atomic mass is 32.1. The van der Waals surface area contributed by atoms with Crippen LogP contribution in [0.25, 0.3) is 55.6 Å². The minimum absolute atomic E-state index is 0.00281. The molecule has 0 saturated carbocycles. The first-order chi connectivity index (χ1) is 17.7. The summed E-state index contributed by atoms with van der Waals surface area (Å²) in [7, 11) is 0. The molecule has 8 heteroatoms. The smallest absolute Gasteiger partial charge is 0.224 e. The largest absolute Gasteiger partial charge is 0.353 e. The molecule has 178 valence electrons. The second kappa shape index (κ2) is 9.39. The fourth-order valence-electron chi connectivity index (χ4n) is 4.44. The molecule has 5 heterocycles. The Morgan fingerprint density at radius 2 is 1.97 bits per heavy atom. The Morgan fingerprint density at radius 3 is 2.83 bits per heavy atom. The summed E-state index contributed by atoms with van der Waals surface area (Å²) in [5, 5.41) is 17.0. The first kappa shape index (κ1) is 22.2. The Bertz CT molecular complexity index is 1680. The Kier molecular flexibility index (Phi) is 5.79. The highest BCUT2D eigenvalue weighted by molar-refractivity contribution is 7.08. The second-order valence-electron chi connectivity index (χ2n) is 8.76. The molecule has 0 spiro atoms. The molecule has 5 aromatic heterocycles. The molecule has 0 unspecified atom stereocenters. The van der Waals surface area contributed by atoms with Crippen molar-refractivity contribution in [2.75, 3.05) is 5.32 Å². The van der Waals surface area contributed by atoms with Crippen LogP contribution in [0.4, 0.5) is 5.69 Å². The van der Waals surface area contributed by atoms with Crippen LogP contribution in [0.1, 0.15) is 26.2 Å². The first-order valence-corrected chi connectivity index (χ1v) is 12.9. The molecule has 0 aliphatic heterocycles.